The van der Waals surface area contributed by atoms with Crippen LogP contribution in [0.4, 0.5) is 13.2 Å². The molecule has 0 aliphatic heterocycles. The number of rotatable bonds is 2. The Hall–Kier alpha value is -0.250. The molecule has 4 heteroatoms. The van der Waals surface area contributed by atoms with Crippen molar-refractivity contribution in [1.82, 2.24) is 0 Å². The van der Waals surface area contributed by atoms with Crippen molar-refractivity contribution in [3.63, 3.8) is 0 Å². The lowest BCUT2D eigenvalue weighted by Gasteiger charge is -2.29. The summed E-state index contributed by atoms with van der Waals surface area (Å²) in [7, 11) is 0. The highest BCUT2D eigenvalue weighted by atomic mass is 19.4. The third-order valence-electron chi connectivity index (χ3n) is 1.91. The third kappa shape index (κ3) is 2.36. The molecule has 0 aromatic rings. The first-order valence-corrected chi connectivity index (χ1v) is 3.72. The van der Waals surface area contributed by atoms with E-state index >= 15 is 0 Å². The third-order valence-corrected chi connectivity index (χ3v) is 1.91. The molecule has 0 saturated heterocycles. The van der Waals surface area contributed by atoms with Gasteiger partial charge in [-0.1, -0.05) is 0 Å². The first-order chi connectivity index (χ1) is 5.00. The molecular formula is C7H11F3O. The van der Waals surface area contributed by atoms with Crippen molar-refractivity contribution >= 4 is 0 Å². The highest BCUT2D eigenvalue weighted by Gasteiger charge is 2.39. The summed E-state index contributed by atoms with van der Waals surface area (Å²) >= 11 is 0. The van der Waals surface area contributed by atoms with Crippen LogP contribution < -0.4 is 0 Å². The van der Waals surface area contributed by atoms with Gasteiger partial charge in [0.1, 0.15) is 0 Å². The van der Waals surface area contributed by atoms with E-state index in [1.807, 2.05) is 0 Å². The van der Waals surface area contributed by atoms with Gasteiger partial charge in [-0.3, -0.25) is 0 Å². The average Bonchev–Trinajstić information content (AvgIpc) is 1.75. The van der Waals surface area contributed by atoms with E-state index in [0.717, 1.165) is 26.2 Å². The van der Waals surface area contributed by atoms with Crippen molar-refractivity contribution in [2.24, 2.45) is 0 Å². The van der Waals surface area contributed by atoms with Crippen molar-refractivity contribution in [3.8, 4) is 0 Å². The molecule has 0 aromatic heterocycles. The van der Waals surface area contributed by atoms with Crippen LogP contribution in [0.15, 0.2) is 0 Å². The number of alkyl halides is 3. The van der Waals surface area contributed by atoms with Gasteiger partial charge in [0, 0.05) is 0 Å². The van der Waals surface area contributed by atoms with Gasteiger partial charge in [-0.05, 0) is 26.2 Å². The molecule has 0 heterocycles. The van der Waals surface area contributed by atoms with Gasteiger partial charge in [-0.2, -0.15) is 13.2 Å². The van der Waals surface area contributed by atoms with Gasteiger partial charge in [0.15, 0.2) is 6.10 Å². The van der Waals surface area contributed by atoms with E-state index < -0.39 is 12.3 Å². The highest BCUT2D eigenvalue weighted by molar-refractivity contribution is 4.72. The van der Waals surface area contributed by atoms with Crippen molar-refractivity contribution in [1.29, 1.82) is 0 Å². The van der Waals surface area contributed by atoms with Crippen LogP contribution in [0.3, 0.4) is 0 Å². The minimum Gasteiger partial charge on any atom is -0.366 e. The second kappa shape index (κ2) is 3.01. The maximum Gasteiger partial charge on any atom is 0.414 e. The molecule has 1 atom stereocenters. The molecule has 1 aliphatic carbocycles. The van der Waals surface area contributed by atoms with Crippen LogP contribution in [0.5, 0.6) is 0 Å². The number of hydrogen-bond donors (Lipinski definition) is 0. The summed E-state index contributed by atoms with van der Waals surface area (Å²) in [6, 6.07) is 0. The maximum atomic E-state index is 11.8. The predicted octanol–water partition coefficient (Wildman–Crippen LogP) is 2.51. The monoisotopic (exact) mass is 168 g/mol. The van der Waals surface area contributed by atoms with Crippen LogP contribution in [0.2, 0.25) is 0 Å². The molecular weight excluding hydrogens is 157 g/mol. The van der Waals surface area contributed by atoms with Crippen LogP contribution in [0.1, 0.15) is 26.2 Å². The van der Waals surface area contributed by atoms with Gasteiger partial charge in [0.2, 0.25) is 0 Å². The van der Waals surface area contributed by atoms with Crippen LogP contribution in [0, 0.1) is 0 Å². The van der Waals surface area contributed by atoms with E-state index in [1.165, 1.54) is 0 Å². The molecule has 0 aromatic carbocycles. The Morgan fingerprint density at radius 1 is 1.36 bits per heavy atom. The summed E-state index contributed by atoms with van der Waals surface area (Å²) in [4.78, 5) is 0. The molecule has 0 amide bonds. The summed E-state index contributed by atoms with van der Waals surface area (Å²) in [6.45, 7) is 1.05. The Morgan fingerprint density at radius 2 is 1.91 bits per heavy atom. The fourth-order valence-corrected chi connectivity index (χ4v) is 0.873. The first-order valence-electron chi connectivity index (χ1n) is 3.72. The number of halogens is 3. The Labute approximate surface area is 63.5 Å². The zero-order chi connectivity index (χ0) is 8.48. The highest BCUT2D eigenvalue weighted by Crippen LogP contribution is 2.29. The Kier molecular flexibility index (Phi) is 2.42. The summed E-state index contributed by atoms with van der Waals surface area (Å²) < 4.78 is 40.3. The minimum absolute atomic E-state index is 0.147. The standard InChI is InChI=1S/C7H11F3O/c1-5(7(8,9)10)11-6-3-2-4-6/h5-6H,2-4H2,1H3. The summed E-state index contributed by atoms with van der Waals surface area (Å²) in [5.41, 5.74) is 0. The van der Waals surface area contributed by atoms with E-state index in [0.29, 0.717) is 0 Å². The van der Waals surface area contributed by atoms with E-state index in [1.54, 1.807) is 0 Å². The Bertz CT molecular complexity index is 128. The fourth-order valence-electron chi connectivity index (χ4n) is 0.873. The van der Waals surface area contributed by atoms with Crippen LogP contribution in [-0.2, 0) is 4.74 Å². The van der Waals surface area contributed by atoms with E-state index in [4.69, 9.17) is 4.74 Å². The molecule has 1 aliphatic rings. The molecule has 0 radical (unpaired) electrons. The van der Waals surface area contributed by atoms with Gasteiger partial charge < -0.3 is 4.74 Å². The first kappa shape index (κ1) is 8.84. The van der Waals surface area contributed by atoms with Gasteiger partial charge in [0.05, 0.1) is 6.10 Å². The topological polar surface area (TPSA) is 9.23 Å². The van der Waals surface area contributed by atoms with Crippen LogP contribution >= 0.6 is 0 Å². The van der Waals surface area contributed by atoms with E-state index in [2.05, 4.69) is 0 Å². The van der Waals surface area contributed by atoms with Crippen molar-refractivity contribution in [2.75, 3.05) is 0 Å². The Morgan fingerprint density at radius 3 is 2.18 bits per heavy atom. The van der Waals surface area contributed by atoms with E-state index in [9.17, 15) is 13.2 Å². The summed E-state index contributed by atoms with van der Waals surface area (Å²) in [5, 5.41) is 0. The maximum absolute atomic E-state index is 11.8. The normalized spacial score (nSPS) is 22.9. The van der Waals surface area contributed by atoms with Gasteiger partial charge in [-0.25, -0.2) is 0 Å². The largest absolute Gasteiger partial charge is 0.414 e. The Balaban J connectivity index is 2.24. The van der Waals surface area contributed by atoms with Gasteiger partial charge in [0.25, 0.3) is 0 Å². The SMILES string of the molecule is CC(OC1CCC1)C(F)(F)F. The molecule has 11 heavy (non-hydrogen) atoms. The zero-order valence-corrected chi connectivity index (χ0v) is 6.32. The van der Waals surface area contributed by atoms with Gasteiger partial charge >= 0.3 is 6.18 Å². The molecule has 0 bridgehead atoms. The molecule has 1 nitrogen and oxygen atoms in total. The predicted molar refractivity (Wildman–Crippen MR) is 34.2 cm³/mol. The lowest BCUT2D eigenvalue weighted by Crippen LogP contribution is -2.35. The lowest BCUT2D eigenvalue weighted by atomic mass is 9.96. The molecule has 0 spiro atoms. The zero-order valence-electron chi connectivity index (χ0n) is 6.32. The smallest absolute Gasteiger partial charge is 0.366 e. The molecule has 0 N–H and O–H groups in total. The van der Waals surface area contributed by atoms with Crippen molar-refractivity contribution in [3.05, 3.63) is 0 Å². The molecule has 1 saturated carbocycles. The number of ether oxygens (including phenoxy) is 1. The molecule has 66 valence electrons. The second-order valence-corrected chi connectivity index (χ2v) is 2.87. The fraction of sp³-hybridized carbons (Fsp3) is 1.00. The quantitative estimate of drug-likeness (QED) is 0.615. The van der Waals surface area contributed by atoms with Crippen LogP contribution in [-0.4, -0.2) is 18.4 Å². The summed E-state index contributed by atoms with van der Waals surface area (Å²) in [6.07, 6.45) is -3.40. The van der Waals surface area contributed by atoms with Crippen molar-refractivity contribution in [2.45, 2.75) is 44.6 Å². The average molecular weight is 168 g/mol. The molecule has 1 unspecified atom stereocenters. The van der Waals surface area contributed by atoms with E-state index in [-0.39, 0.29) is 6.10 Å². The van der Waals surface area contributed by atoms with Crippen molar-refractivity contribution < 1.29 is 17.9 Å². The number of hydrogen-bond acceptors (Lipinski definition) is 1. The molecule has 1 rings (SSSR count). The van der Waals surface area contributed by atoms with Gasteiger partial charge in [-0.15, -0.1) is 0 Å². The van der Waals surface area contributed by atoms with Crippen LogP contribution in [0.25, 0.3) is 0 Å². The second-order valence-electron chi connectivity index (χ2n) is 2.87. The minimum atomic E-state index is -4.20. The molecule has 1 fully saturated rings. The summed E-state index contributed by atoms with van der Waals surface area (Å²) in [5.74, 6) is 0. The lowest BCUT2D eigenvalue weighted by molar-refractivity contribution is -0.233.